The van der Waals surface area contributed by atoms with Crippen LogP contribution in [0.3, 0.4) is 0 Å². The average molecular weight is 321 g/mol. The van der Waals surface area contributed by atoms with E-state index in [1.807, 2.05) is 0 Å². The van der Waals surface area contributed by atoms with E-state index < -0.39 is 26.8 Å². The van der Waals surface area contributed by atoms with Crippen molar-refractivity contribution in [2.24, 2.45) is 5.92 Å². The molecule has 0 amide bonds. The quantitative estimate of drug-likeness (QED) is 0.652. The number of nitro groups is 1. The Kier molecular flexibility index (Phi) is 3.67. The number of hydrogen-bond donors (Lipinski definition) is 1. The Morgan fingerprint density at radius 3 is 2.50 bits per heavy atom. The molecule has 0 radical (unpaired) electrons. The van der Waals surface area contributed by atoms with Crippen LogP contribution in [0.2, 0.25) is 5.02 Å². The van der Waals surface area contributed by atoms with Gasteiger partial charge in [-0.2, -0.15) is 4.31 Å². The zero-order valence-corrected chi connectivity index (χ0v) is 11.5. The number of benzene rings is 1. The van der Waals surface area contributed by atoms with Gasteiger partial charge in [0.05, 0.1) is 15.9 Å². The molecule has 1 aromatic rings. The summed E-state index contributed by atoms with van der Waals surface area (Å²) in [5.41, 5.74) is -0.319. The van der Waals surface area contributed by atoms with Crippen molar-refractivity contribution in [2.75, 3.05) is 13.1 Å². The molecule has 0 saturated carbocycles. The second-order valence-electron chi connectivity index (χ2n) is 4.23. The molecule has 1 N–H and O–H groups in total. The van der Waals surface area contributed by atoms with Gasteiger partial charge in [0.25, 0.3) is 5.69 Å². The number of hydrogen-bond acceptors (Lipinski definition) is 5. The van der Waals surface area contributed by atoms with Gasteiger partial charge in [-0.1, -0.05) is 11.6 Å². The highest BCUT2D eigenvalue weighted by Gasteiger charge is 2.41. The van der Waals surface area contributed by atoms with Crippen LogP contribution >= 0.6 is 11.6 Å². The summed E-state index contributed by atoms with van der Waals surface area (Å²) in [5.74, 6) is -1.80. The van der Waals surface area contributed by atoms with E-state index in [1.165, 1.54) is 0 Å². The van der Waals surface area contributed by atoms with Gasteiger partial charge in [0.1, 0.15) is 4.90 Å². The standard InChI is InChI=1S/C10H9ClN2O6S/c11-8-3-7(13(16)17)1-2-9(8)20(18,19)12-4-6(5-12)10(14)15/h1-3,6H,4-5H2,(H,14,15). The van der Waals surface area contributed by atoms with E-state index in [-0.39, 0.29) is 28.7 Å². The number of rotatable bonds is 4. The lowest BCUT2D eigenvalue weighted by atomic mass is 10.0. The van der Waals surface area contributed by atoms with Gasteiger partial charge in [-0.3, -0.25) is 14.9 Å². The topological polar surface area (TPSA) is 118 Å². The van der Waals surface area contributed by atoms with Crippen molar-refractivity contribution in [3.8, 4) is 0 Å². The van der Waals surface area contributed by atoms with E-state index in [4.69, 9.17) is 16.7 Å². The minimum Gasteiger partial charge on any atom is -0.481 e. The maximum Gasteiger partial charge on any atom is 0.309 e. The Balaban J connectivity index is 2.28. The second kappa shape index (κ2) is 5.00. The zero-order chi connectivity index (χ0) is 15.1. The summed E-state index contributed by atoms with van der Waals surface area (Å²) in [4.78, 5) is 20.3. The number of carbonyl (C=O) groups is 1. The summed E-state index contributed by atoms with van der Waals surface area (Å²) < 4.78 is 25.3. The number of aliphatic carboxylic acids is 1. The third-order valence-electron chi connectivity index (χ3n) is 2.94. The fraction of sp³-hybridized carbons (Fsp3) is 0.300. The molecule has 1 aliphatic heterocycles. The normalized spacial score (nSPS) is 16.6. The molecule has 10 heteroatoms. The lowest BCUT2D eigenvalue weighted by Gasteiger charge is -2.35. The van der Waals surface area contributed by atoms with Crippen molar-refractivity contribution < 1.29 is 23.2 Å². The molecular formula is C10H9ClN2O6S. The van der Waals surface area contributed by atoms with Crippen molar-refractivity contribution in [2.45, 2.75) is 4.90 Å². The summed E-state index contributed by atoms with van der Waals surface area (Å²) in [6.45, 7) is -0.268. The predicted octanol–water partition coefficient (Wildman–Crippen LogP) is 0.953. The Bertz CT molecular complexity index is 683. The molecular weight excluding hydrogens is 312 g/mol. The first-order valence-corrected chi connectivity index (χ1v) is 7.22. The lowest BCUT2D eigenvalue weighted by Crippen LogP contribution is -2.52. The molecule has 1 aliphatic rings. The molecule has 0 unspecified atom stereocenters. The molecule has 0 aliphatic carbocycles. The van der Waals surface area contributed by atoms with Crippen LogP contribution in [0.4, 0.5) is 5.69 Å². The number of carboxylic acids is 1. The minimum atomic E-state index is -3.93. The molecule has 2 rings (SSSR count). The maximum atomic E-state index is 12.2. The summed E-state index contributed by atoms with van der Waals surface area (Å²) >= 11 is 5.76. The van der Waals surface area contributed by atoms with E-state index in [0.29, 0.717) is 0 Å². The van der Waals surface area contributed by atoms with Crippen LogP contribution in [0, 0.1) is 16.0 Å². The van der Waals surface area contributed by atoms with Gasteiger partial charge in [0.15, 0.2) is 0 Å². The number of nitro benzene ring substituents is 1. The van der Waals surface area contributed by atoms with Gasteiger partial charge in [-0.05, 0) is 6.07 Å². The Morgan fingerprint density at radius 2 is 2.05 bits per heavy atom. The van der Waals surface area contributed by atoms with Gasteiger partial charge in [-0.15, -0.1) is 0 Å². The number of carboxylic acid groups (broad SMARTS) is 1. The van der Waals surface area contributed by atoms with Crippen molar-refractivity contribution in [3.05, 3.63) is 33.3 Å². The van der Waals surface area contributed by atoms with Crippen molar-refractivity contribution in [3.63, 3.8) is 0 Å². The molecule has 20 heavy (non-hydrogen) atoms. The molecule has 0 atom stereocenters. The highest BCUT2D eigenvalue weighted by atomic mass is 35.5. The number of non-ortho nitro benzene ring substituents is 1. The molecule has 1 fully saturated rings. The Hall–Kier alpha value is -1.71. The predicted molar refractivity (Wildman–Crippen MR) is 68.0 cm³/mol. The Labute approximate surface area is 118 Å². The van der Waals surface area contributed by atoms with Crippen LogP contribution < -0.4 is 0 Å². The first-order chi connectivity index (χ1) is 9.23. The maximum absolute atomic E-state index is 12.2. The summed E-state index contributed by atoms with van der Waals surface area (Å²) in [6.07, 6.45) is 0. The molecule has 0 spiro atoms. The van der Waals surface area contributed by atoms with Crippen LogP contribution in [0.25, 0.3) is 0 Å². The SMILES string of the molecule is O=C(O)C1CN(S(=O)(=O)c2ccc([N+](=O)[O-])cc2Cl)C1. The van der Waals surface area contributed by atoms with Gasteiger partial charge < -0.3 is 5.11 Å². The van der Waals surface area contributed by atoms with Crippen molar-refractivity contribution in [1.29, 1.82) is 0 Å². The van der Waals surface area contributed by atoms with E-state index in [9.17, 15) is 23.3 Å². The van der Waals surface area contributed by atoms with E-state index >= 15 is 0 Å². The molecule has 0 aromatic heterocycles. The smallest absolute Gasteiger partial charge is 0.309 e. The monoisotopic (exact) mass is 320 g/mol. The number of nitrogens with zero attached hydrogens (tertiary/aromatic N) is 2. The molecule has 108 valence electrons. The van der Waals surface area contributed by atoms with Gasteiger partial charge in [0.2, 0.25) is 10.0 Å². The van der Waals surface area contributed by atoms with Gasteiger partial charge in [0, 0.05) is 25.2 Å². The fourth-order valence-electron chi connectivity index (χ4n) is 1.74. The van der Waals surface area contributed by atoms with Crippen LogP contribution in [0.1, 0.15) is 0 Å². The highest BCUT2D eigenvalue weighted by Crippen LogP contribution is 2.31. The molecule has 1 saturated heterocycles. The third-order valence-corrected chi connectivity index (χ3v) is 5.26. The van der Waals surface area contributed by atoms with E-state index in [0.717, 1.165) is 22.5 Å². The average Bonchev–Trinajstić information content (AvgIpc) is 2.24. The minimum absolute atomic E-state index is 0.134. The second-order valence-corrected chi connectivity index (χ2v) is 6.54. The summed E-state index contributed by atoms with van der Waals surface area (Å²) in [5, 5.41) is 19.0. The van der Waals surface area contributed by atoms with Gasteiger partial charge >= 0.3 is 5.97 Å². The molecule has 0 bridgehead atoms. The summed E-state index contributed by atoms with van der Waals surface area (Å²) in [7, 11) is -3.93. The Morgan fingerprint density at radius 1 is 1.45 bits per heavy atom. The largest absolute Gasteiger partial charge is 0.481 e. The summed E-state index contributed by atoms with van der Waals surface area (Å²) in [6, 6.07) is 3.03. The van der Waals surface area contributed by atoms with Crippen LogP contribution in [0.5, 0.6) is 0 Å². The van der Waals surface area contributed by atoms with E-state index in [1.54, 1.807) is 0 Å². The van der Waals surface area contributed by atoms with Crippen LogP contribution in [-0.2, 0) is 14.8 Å². The van der Waals surface area contributed by atoms with E-state index in [2.05, 4.69) is 0 Å². The first-order valence-electron chi connectivity index (χ1n) is 5.40. The number of halogens is 1. The molecule has 8 nitrogen and oxygen atoms in total. The lowest BCUT2D eigenvalue weighted by molar-refractivity contribution is -0.384. The van der Waals surface area contributed by atoms with Crippen molar-refractivity contribution in [1.82, 2.24) is 4.31 Å². The van der Waals surface area contributed by atoms with Crippen molar-refractivity contribution >= 4 is 33.3 Å². The first kappa shape index (κ1) is 14.7. The van der Waals surface area contributed by atoms with Gasteiger partial charge in [-0.25, -0.2) is 8.42 Å². The van der Waals surface area contributed by atoms with Crippen LogP contribution in [-0.4, -0.2) is 41.8 Å². The van der Waals surface area contributed by atoms with Crippen LogP contribution in [0.15, 0.2) is 23.1 Å². The molecule has 1 aromatic carbocycles. The number of sulfonamides is 1. The molecule has 1 heterocycles. The zero-order valence-electron chi connectivity index (χ0n) is 9.89. The fourth-order valence-corrected chi connectivity index (χ4v) is 3.79. The third kappa shape index (κ3) is 2.47. The highest BCUT2D eigenvalue weighted by molar-refractivity contribution is 7.89.